The van der Waals surface area contributed by atoms with Crippen LogP contribution in [-0.2, 0) is 19.6 Å². The number of nitrogens with zero attached hydrogens (tertiary/aromatic N) is 3. The first-order valence-corrected chi connectivity index (χ1v) is 13.2. The molecule has 0 spiro atoms. The van der Waals surface area contributed by atoms with Crippen LogP contribution in [-0.4, -0.2) is 75.4 Å². The molecule has 2 saturated heterocycles. The SMILES string of the molecule is O=C(OCC(=O)N1CCCCC1)c1cc(S(=O)(=O)N2CCN(c3ccccc3)CC2)ccc1Cl. The number of anilines is 1. The molecule has 0 saturated carbocycles. The average Bonchev–Trinajstić information content (AvgIpc) is 2.88. The molecule has 0 aromatic heterocycles. The first-order chi connectivity index (χ1) is 16.4. The first kappa shape index (κ1) is 24.5. The molecule has 0 N–H and O–H groups in total. The van der Waals surface area contributed by atoms with Crippen LogP contribution < -0.4 is 4.90 Å². The van der Waals surface area contributed by atoms with Gasteiger partial charge in [0, 0.05) is 45.0 Å². The summed E-state index contributed by atoms with van der Waals surface area (Å²) in [6, 6.07) is 13.8. The summed E-state index contributed by atoms with van der Waals surface area (Å²) in [4.78, 5) is 28.7. The number of sulfonamides is 1. The number of hydrogen-bond donors (Lipinski definition) is 0. The summed E-state index contributed by atoms with van der Waals surface area (Å²) in [5.41, 5.74) is 0.979. The number of amides is 1. The van der Waals surface area contributed by atoms with E-state index in [2.05, 4.69) is 4.90 Å². The normalized spacial score (nSPS) is 17.4. The molecule has 2 aliphatic heterocycles. The van der Waals surface area contributed by atoms with Crippen LogP contribution in [0.5, 0.6) is 0 Å². The van der Waals surface area contributed by atoms with Gasteiger partial charge in [-0.25, -0.2) is 13.2 Å². The van der Waals surface area contributed by atoms with Crippen LogP contribution in [0.25, 0.3) is 0 Å². The highest BCUT2D eigenvalue weighted by Gasteiger charge is 2.30. The maximum atomic E-state index is 13.2. The van der Waals surface area contributed by atoms with Gasteiger partial charge in [-0.2, -0.15) is 4.31 Å². The fraction of sp³-hybridized carbons (Fsp3) is 0.417. The van der Waals surface area contributed by atoms with Crippen LogP contribution in [0.1, 0.15) is 29.6 Å². The molecular weight excluding hydrogens is 478 g/mol. The standard InChI is InChI=1S/C24H28ClN3O5S/c25-22-10-9-20(17-21(22)24(30)33-18-23(29)27-11-5-2-6-12-27)34(31,32)28-15-13-26(14-16-28)19-7-3-1-4-8-19/h1,3-4,7-10,17H,2,5-6,11-16,18H2. The lowest BCUT2D eigenvalue weighted by molar-refractivity contribution is -0.135. The predicted molar refractivity (Wildman–Crippen MR) is 130 cm³/mol. The summed E-state index contributed by atoms with van der Waals surface area (Å²) in [6.45, 7) is 2.68. The minimum Gasteiger partial charge on any atom is -0.452 e. The molecule has 1 amide bonds. The molecule has 34 heavy (non-hydrogen) atoms. The molecule has 2 heterocycles. The molecule has 0 atom stereocenters. The zero-order valence-electron chi connectivity index (χ0n) is 18.9. The summed E-state index contributed by atoms with van der Waals surface area (Å²) in [5, 5.41) is 0.0725. The van der Waals surface area contributed by atoms with Gasteiger partial charge in [0.15, 0.2) is 6.61 Å². The number of benzene rings is 2. The van der Waals surface area contributed by atoms with Crippen molar-refractivity contribution in [2.45, 2.75) is 24.2 Å². The third kappa shape index (κ3) is 5.54. The Labute approximate surface area is 205 Å². The van der Waals surface area contributed by atoms with Gasteiger partial charge in [0.05, 0.1) is 15.5 Å². The van der Waals surface area contributed by atoms with Crippen molar-refractivity contribution >= 4 is 39.2 Å². The quantitative estimate of drug-likeness (QED) is 0.561. The van der Waals surface area contributed by atoms with Crippen LogP contribution in [0.4, 0.5) is 5.69 Å². The lowest BCUT2D eigenvalue weighted by atomic mass is 10.1. The molecule has 10 heteroatoms. The zero-order valence-corrected chi connectivity index (χ0v) is 20.4. The monoisotopic (exact) mass is 505 g/mol. The summed E-state index contributed by atoms with van der Waals surface area (Å²) in [6.07, 6.45) is 2.96. The Balaban J connectivity index is 1.41. The van der Waals surface area contributed by atoms with E-state index in [0.717, 1.165) is 24.9 Å². The second-order valence-electron chi connectivity index (χ2n) is 8.39. The van der Waals surface area contributed by atoms with Gasteiger partial charge in [0.25, 0.3) is 5.91 Å². The predicted octanol–water partition coefficient (Wildman–Crippen LogP) is 3.02. The van der Waals surface area contributed by atoms with Crippen molar-refractivity contribution in [2.75, 3.05) is 50.8 Å². The zero-order chi connectivity index (χ0) is 24.1. The van der Waals surface area contributed by atoms with E-state index in [0.29, 0.717) is 39.3 Å². The molecule has 4 rings (SSSR count). The number of hydrogen-bond acceptors (Lipinski definition) is 6. The third-order valence-electron chi connectivity index (χ3n) is 6.19. The number of rotatable bonds is 6. The fourth-order valence-corrected chi connectivity index (χ4v) is 5.88. The van der Waals surface area contributed by atoms with Crippen LogP contribution in [0.15, 0.2) is 53.4 Å². The third-order valence-corrected chi connectivity index (χ3v) is 8.42. The number of likely N-dealkylation sites (tertiary alicyclic amines) is 1. The van der Waals surface area contributed by atoms with Crippen molar-refractivity contribution in [3.63, 3.8) is 0 Å². The molecule has 8 nitrogen and oxygen atoms in total. The topological polar surface area (TPSA) is 87.2 Å². The van der Waals surface area contributed by atoms with Crippen molar-refractivity contribution in [3.05, 3.63) is 59.1 Å². The molecule has 0 aliphatic carbocycles. The van der Waals surface area contributed by atoms with E-state index in [1.54, 1.807) is 4.90 Å². The van der Waals surface area contributed by atoms with Crippen LogP contribution >= 0.6 is 11.6 Å². The second kappa shape index (κ2) is 10.8. The fourth-order valence-electron chi connectivity index (χ4n) is 4.24. The second-order valence-corrected chi connectivity index (χ2v) is 10.7. The number of carbonyl (C=O) groups excluding carboxylic acids is 2. The van der Waals surface area contributed by atoms with Crippen molar-refractivity contribution in [3.8, 4) is 0 Å². The molecule has 2 fully saturated rings. The van der Waals surface area contributed by atoms with Gasteiger partial charge in [-0.3, -0.25) is 4.79 Å². The first-order valence-electron chi connectivity index (χ1n) is 11.4. The van der Waals surface area contributed by atoms with Crippen LogP contribution in [0.2, 0.25) is 5.02 Å². The van der Waals surface area contributed by atoms with Crippen molar-refractivity contribution < 1.29 is 22.7 Å². The minimum atomic E-state index is -3.82. The maximum Gasteiger partial charge on any atom is 0.340 e. The van der Waals surface area contributed by atoms with E-state index in [1.807, 2.05) is 30.3 Å². The molecule has 182 valence electrons. The highest BCUT2D eigenvalue weighted by atomic mass is 35.5. The van der Waals surface area contributed by atoms with Gasteiger partial charge < -0.3 is 14.5 Å². The summed E-state index contributed by atoms with van der Waals surface area (Å²) in [5.74, 6) is -1.08. The molecule has 2 aromatic carbocycles. The van der Waals surface area contributed by atoms with E-state index >= 15 is 0 Å². The molecule has 0 radical (unpaired) electrons. The van der Waals surface area contributed by atoms with E-state index in [9.17, 15) is 18.0 Å². The molecule has 0 bridgehead atoms. The smallest absolute Gasteiger partial charge is 0.340 e. The van der Waals surface area contributed by atoms with E-state index < -0.39 is 22.6 Å². The minimum absolute atomic E-state index is 0.0284. The van der Waals surface area contributed by atoms with Gasteiger partial charge >= 0.3 is 5.97 Å². The average molecular weight is 506 g/mol. The highest BCUT2D eigenvalue weighted by molar-refractivity contribution is 7.89. The number of carbonyl (C=O) groups is 2. The number of piperidine rings is 1. The Kier molecular flexibility index (Phi) is 7.75. The Morgan fingerprint density at radius 1 is 0.882 bits per heavy atom. The van der Waals surface area contributed by atoms with Crippen molar-refractivity contribution in [1.82, 2.24) is 9.21 Å². The number of piperazine rings is 1. The Hall–Kier alpha value is -2.62. The summed E-state index contributed by atoms with van der Waals surface area (Å²) >= 11 is 6.17. The van der Waals surface area contributed by atoms with E-state index in [-0.39, 0.29) is 21.4 Å². The summed E-state index contributed by atoms with van der Waals surface area (Å²) < 4.78 is 33.1. The Morgan fingerprint density at radius 3 is 2.24 bits per heavy atom. The van der Waals surface area contributed by atoms with Gasteiger partial charge in [-0.05, 0) is 49.6 Å². The van der Waals surface area contributed by atoms with E-state index in [1.165, 1.54) is 22.5 Å². The molecule has 0 unspecified atom stereocenters. The van der Waals surface area contributed by atoms with Crippen molar-refractivity contribution in [2.24, 2.45) is 0 Å². The molecular formula is C24H28ClN3O5S. The Morgan fingerprint density at radius 2 is 1.56 bits per heavy atom. The number of ether oxygens (including phenoxy) is 1. The van der Waals surface area contributed by atoms with Crippen LogP contribution in [0, 0.1) is 0 Å². The van der Waals surface area contributed by atoms with Gasteiger partial charge in [-0.15, -0.1) is 0 Å². The maximum absolute atomic E-state index is 13.2. The van der Waals surface area contributed by atoms with Gasteiger partial charge in [-0.1, -0.05) is 29.8 Å². The lowest BCUT2D eigenvalue weighted by Gasteiger charge is -2.35. The number of halogens is 1. The van der Waals surface area contributed by atoms with Gasteiger partial charge in [0.1, 0.15) is 0 Å². The number of para-hydroxylation sites is 1. The number of esters is 1. The lowest BCUT2D eigenvalue weighted by Crippen LogP contribution is -2.48. The summed E-state index contributed by atoms with van der Waals surface area (Å²) in [7, 11) is -3.82. The Bertz CT molecular complexity index is 1130. The van der Waals surface area contributed by atoms with Gasteiger partial charge in [0.2, 0.25) is 10.0 Å². The molecule has 2 aromatic rings. The van der Waals surface area contributed by atoms with Crippen molar-refractivity contribution in [1.29, 1.82) is 0 Å². The van der Waals surface area contributed by atoms with E-state index in [4.69, 9.17) is 16.3 Å². The largest absolute Gasteiger partial charge is 0.452 e. The van der Waals surface area contributed by atoms with Crippen LogP contribution in [0.3, 0.4) is 0 Å². The highest BCUT2D eigenvalue weighted by Crippen LogP contribution is 2.25. The molecule has 2 aliphatic rings.